The average Bonchev–Trinajstić information content (AvgIpc) is 3.22. The first-order valence-corrected chi connectivity index (χ1v) is 8.64. The molecule has 1 atom stereocenters. The van der Waals surface area contributed by atoms with Gasteiger partial charge in [0.25, 0.3) is 0 Å². The number of esters is 1. The molecule has 0 amide bonds. The first-order chi connectivity index (χ1) is 11.8. The summed E-state index contributed by atoms with van der Waals surface area (Å²) in [7, 11) is 0. The normalized spacial score (nSPS) is 17.8. The molecule has 1 fully saturated rings. The van der Waals surface area contributed by atoms with Crippen LogP contribution in [0, 0.1) is 6.92 Å². The Morgan fingerprint density at radius 2 is 2.12 bits per heavy atom. The maximum atomic E-state index is 12.3. The van der Waals surface area contributed by atoms with Crippen molar-refractivity contribution in [2.24, 2.45) is 0 Å². The van der Waals surface area contributed by atoms with E-state index in [1.807, 2.05) is 39.8 Å². The van der Waals surface area contributed by atoms with Crippen molar-refractivity contribution in [1.82, 2.24) is 20.0 Å². The summed E-state index contributed by atoms with van der Waals surface area (Å²) in [6.45, 7) is 9.27. The fourth-order valence-corrected chi connectivity index (χ4v) is 2.91. The number of carbonyl (C=O) groups is 1. The zero-order valence-electron chi connectivity index (χ0n) is 15.3. The Kier molecular flexibility index (Phi) is 4.74. The molecule has 7 nitrogen and oxygen atoms in total. The van der Waals surface area contributed by atoms with Crippen LogP contribution in [0.3, 0.4) is 0 Å². The van der Waals surface area contributed by atoms with E-state index >= 15 is 0 Å². The predicted molar refractivity (Wildman–Crippen MR) is 94.6 cm³/mol. The number of ether oxygens (including phenoxy) is 1. The SMILES string of the molecule is Cc1ccc(N2CCC[C@H]2COC(=O)c2cnn(C(C)(C)C)c2)nn1. The minimum Gasteiger partial charge on any atom is -0.460 e. The van der Waals surface area contributed by atoms with Crippen molar-refractivity contribution in [3.63, 3.8) is 0 Å². The van der Waals surface area contributed by atoms with Gasteiger partial charge in [0.15, 0.2) is 5.82 Å². The molecule has 0 saturated carbocycles. The van der Waals surface area contributed by atoms with E-state index in [0.717, 1.165) is 30.9 Å². The summed E-state index contributed by atoms with van der Waals surface area (Å²) < 4.78 is 7.30. The number of anilines is 1. The number of aryl methyl sites for hydroxylation is 1. The number of nitrogens with zero attached hydrogens (tertiary/aromatic N) is 5. The van der Waals surface area contributed by atoms with Gasteiger partial charge >= 0.3 is 5.97 Å². The van der Waals surface area contributed by atoms with Crippen LogP contribution in [0.5, 0.6) is 0 Å². The van der Waals surface area contributed by atoms with Crippen LogP contribution in [0.4, 0.5) is 5.82 Å². The molecule has 0 bridgehead atoms. The average molecular weight is 343 g/mol. The van der Waals surface area contributed by atoms with Gasteiger partial charge in [0.05, 0.1) is 29.0 Å². The quantitative estimate of drug-likeness (QED) is 0.795. The molecule has 7 heteroatoms. The van der Waals surface area contributed by atoms with Gasteiger partial charge in [-0.2, -0.15) is 10.2 Å². The third-order valence-electron chi connectivity index (χ3n) is 4.37. The van der Waals surface area contributed by atoms with E-state index in [2.05, 4.69) is 20.2 Å². The lowest BCUT2D eigenvalue weighted by atomic mass is 10.1. The number of hydrogen-bond donors (Lipinski definition) is 0. The lowest BCUT2D eigenvalue weighted by Crippen LogP contribution is -2.34. The molecule has 3 heterocycles. The lowest BCUT2D eigenvalue weighted by molar-refractivity contribution is 0.0482. The molecule has 1 saturated heterocycles. The highest BCUT2D eigenvalue weighted by atomic mass is 16.5. The van der Waals surface area contributed by atoms with Gasteiger partial charge in [-0.3, -0.25) is 4.68 Å². The van der Waals surface area contributed by atoms with Gasteiger partial charge in [-0.05, 0) is 52.7 Å². The molecule has 1 aliphatic rings. The lowest BCUT2D eigenvalue weighted by Gasteiger charge is -2.24. The second-order valence-corrected chi connectivity index (χ2v) is 7.47. The molecule has 0 aliphatic carbocycles. The van der Waals surface area contributed by atoms with Gasteiger partial charge in [-0.1, -0.05) is 0 Å². The van der Waals surface area contributed by atoms with Gasteiger partial charge < -0.3 is 9.64 Å². The maximum absolute atomic E-state index is 12.3. The summed E-state index contributed by atoms with van der Waals surface area (Å²) in [5.41, 5.74) is 1.21. The Bertz CT molecular complexity index is 733. The van der Waals surface area contributed by atoms with E-state index in [-0.39, 0.29) is 17.6 Å². The summed E-state index contributed by atoms with van der Waals surface area (Å²) in [4.78, 5) is 14.5. The van der Waals surface area contributed by atoms with Gasteiger partial charge in [-0.25, -0.2) is 4.79 Å². The highest BCUT2D eigenvalue weighted by Gasteiger charge is 2.27. The summed E-state index contributed by atoms with van der Waals surface area (Å²) >= 11 is 0. The molecular formula is C18H25N5O2. The molecule has 0 radical (unpaired) electrons. The molecular weight excluding hydrogens is 318 g/mol. The zero-order valence-corrected chi connectivity index (χ0v) is 15.3. The molecule has 2 aromatic heterocycles. The zero-order chi connectivity index (χ0) is 18.0. The Morgan fingerprint density at radius 3 is 2.76 bits per heavy atom. The first-order valence-electron chi connectivity index (χ1n) is 8.64. The fourth-order valence-electron chi connectivity index (χ4n) is 2.91. The molecule has 0 aromatic carbocycles. The van der Waals surface area contributed by atoms with E-state index in [1.54, 1.807) is 17.1 Å². The van der Waals surface area contributed by atoms with E-state index in [9.17, 15) is 4.79 Å². The van der Waals surface area contributed by atoms with Crippen molar-refractivity contribution in [1.29, 1.82) is 0 Å². The third kappa shape index (κ3) is 3.97. The van der Waals surface area contributed by atoms with Crippen molar-refractivity contribution in [3.8, 4) is 0 Å². The third-order valence-corrected chi connectivity index (χ3v) is 4.37. The molecule has 0 unspecified atom stereocenters. The Morgan fingerprint density at radius 1 is 1.32 bits per heavy atom. The monoisotopic (exact) mass is 343 g/mol. The predicted octanol–water partition coefficient (Wildman–Crippen LogP) is 2.56. The van der Waals surface area contributed by atoms with Gasteiger partial charge in [-0.15, -0.1) is 5.10 Å². The second-order valence-electron chi connectivity index (χ2n) is 7.47. The first kappa shape index (κ1) is 17.4. The molecule has 2 aromatic rings. The molecule has 3 rings (SSSR count). The van der Waals surface area contributed by atoms with Crippen LogP contribution in [-0.2, 0) is 10.3 Å². The highest BCUT2D eigenvalue weighted by Crippen LogP contribution is 2.24. The van der Waals surface area contributed by atoms with Crippen LogP contribution < -0.4 is 4.90 Å². The van der Waals surface area contributed by atoms with Crippen molar-refractivity contribution < 1.29 is 9.53 Å². The standard InChI is InChI=1S/C18H25N5O2/c1-13-7-8-16(21-20-13)22-9-5-6-15(22)12-25-17(24)14-10-19-23(11-14)18(2,3)4/h7-8,10-11,15H,5-6,9,12H2,1-4H3/t15-/m0/s1. The van der Waals surface area contributed by atoms with E-state index in [1.165, 1.54) is 0 Å². The minimum atomic E-state index is -0.336. The van der Waals surface area contributed by atoms with E-state index < -0.39 is 0 Å². The van der Waals surface area contributed by atoms with Gasteiger partial charge in [0.1, 0.15) is 6.61 Å². The molecule has 0 N–H and O–H groups in total. The fraction of sp³-hybridized carbons (Fsp3) is 0.556. The molecule has 134 valence electrons. The largest absolute Gasteiger partial charge is 0.460 e. The van der Waals surface area contributed by atoms with Crippen LogP contribution in [0.2, 0.25) is 0 Å². The number of aromatic nitrogens is 4. The molecule has 0 spiro atoms. The van der Waals surface area contributed by atoms with Crippen LogP contribution in [0.25, 0.3) is 0 Å². The van der Waals surface area contributed by atoms with Crippen molar-refractivity contribution in [3.05, 3.63) is 35.8 Å². The summed E-state index contributed by atoms with van der Waals surface area (Å²) in [6, 6.07) is 4.05. The van der Waals surface area contributed by atoms with Crippen LogP contribution in [0.1, 0.15) is 49.7 Å². The molecule has 25 heavy (non-hydrogen) atoms. The van der Waals surface area contributed by atoms with Crippen LogP contribution >= 0.6 is 0 Å². The van der Waals surface area contributed by atoms with Gasteiger partial charge in [0.2, 0.25) is 0 Å². The second kappa shape index (κ2) is 6.82. The number of hydrogen-bond acceptors (Lipinski definition) is 6. The smallest absolute Gasteiger partial charge is 0.341 e. The van der Waals surface area contributed by atoms with Crippen molar-refractivity contribution in [2.75, 3.05) is 18.1 Å². The van der Waals surface area contributed by atoms with E-state index in [4.69, 9.17) is 4.74 Å². The Balaban J connectivity index is 1.61. The Hall–Kier alpha value is -2.44. The van der Waals surface area contributed by atoms with Gasteiger partial charge in [0, 0.05) is 12.7 Å². The maximum Gasteiger partial charge on any atom is 0.341 e. The minimum absolute atomic E-state index is 0.138. The summed E-state index contributed by atoms with van der Waals surface area (Å²) in [5.74, 6) is 0.502. The number of rotatable bonds is 4. The molecule has 1 aliphatic heterocycles. The van der Waals surface area contributed by atoms with Crippen LogP contribution in [0.15, 0.2) is 24.5 Å². The number of carbonyl (C=O) groups excluding carboxylic acids is 1. The summed E-state index contributed by atoms with van der Waals surface area (Å²) in [6.07, 6.45) is 5.33. The topological polar surface area (TPSA) is 73.1 Å². The van der Waals surface area contributed by atoms with Crippen LogP contribution in [-0.4, -0.2) is 45.1 Å². The van der Waals surface area contributed by atoms with E-state index in [0.29, 0.717) is 12.2 Å². The van der Waals surface area contributed by atoms with Crippen molar-refractivity contribution >= 4 is 11.8 Å². The highest BCUT2D eigenvalue weighted by molar-refractivity contribution is 5.88. The van der Waals surface area contributed by atoms with Crippen molar-refractivity contribution in [2.45, 2.75) is 52.1 Å². The Labute approximate surface area is 148 Å². The summed E-state index contributed by atoms with van der Waals surface area (Å²) in [5, 5.41) is 12.6.